The Morgan fingerprint density at radius 1 is 1.30 bits per heavy atom. The van der Waals surface area contributed by atoms with E-state index in [-0.39, 0.29) is 17.2 Å². The van der Waals surface area contributed by atoms with Gasteiger partial charge in [-0.1, -0.05) is 23.7 Å². The van der Waals surface area contributed by atoms with Crippen LogP contribution < -0.4 is 10.5 Å². The Hall–Kier alpha value is -2.20. The molecule has 1 aliphatic rings. The molecule has 0 saturated carbocycles. The first-order valence-electron chi connectivity index (χ1n) is 6.12. The normalized spacial score (nSPS) is 16.6. The molecular formula is C15H12ClNO3. The number of nitrogens with two attached hydrogens (primary N) is 1. The zero-order valence-corrected chi connectivity index (χ0v) is 11.2. The molecule has 102 valence electrons. The molecule has 0 bridgehead atoms. The van der Waals surface area contributed by atoms with Gasteiger partial charge < -0.3 is 15.6 Å². The highest BCUT2D eigenvalue weighted by Crippen LogP contribution is 2.42. The maximum atomic E-state index is 11.3. The van der Waals surface area contributed by atoms with Gasteiger partial charge in [-0.05, 0) is 24.3 Å². The van der Waals surface area contributed by atoms with E-state index < -0.39 is 5.91 Å². The molecule has 0 aromatic heterocycles. The number of aromatic hydroxyl groups is 1. The van der Waals surface area contributed by atoms with Crippen molar-refractivity contribution in [3.63, 3.8) is 0 Å². The first-order valence-corrected chi connectivity index (χ1v) is 6.49. The SMILES string of the molecule is NC(=O)c1cccc([C@@H]2COc3ccc(Cl)cc32)c1O. The van der Waals surface area contributed by atoms with E-state index in [2.05, 4.69) is 0 Å². The summed E-state index contributed by atoms with van der Waals surface area (Å²) in [6.07, 6.45) is 0. The van der Waals surface area contributed by atoms with Gasteiger partial charge in [0.15, 0.2) is 0 Å². The average molecular weight is 290 g/mol. The van der Waals surface area contributed by atoms with Crippen molar-refractivity contribution in [1.82, 2.24) is 0 Å². The summed E-state index contributed by atoms with van der Waals surface area (Å²) in [5.74, 6) is -0.178. The second-order valence-corrected chi connectivity index (χ2v) is 5.09. The van der Waals surface area contributed by atoms with E-state index >= 15 is 0 Å². The first-order chi connectivity index (χ1) is 9.58. The van der Waals surface area contributed by atoms with Crippen LogP contribution >= 0.6 is 11.6 Å². The van der Waals surface area contributed by atoms with Crippen molar-refractivity contribution in [2.75, 3.05) is 6.61 Å². The van der Waals surface area contributed by atoms with E-state index in [0.29, 0.717) is 17.2 Å². The second kappa shape index (κ2) is 4.72. The maximum Gasteiger partial charge on any atom is 0.252 e. The Balaban J connectivity index is 2.11. The number of phenols is 1. The highest BCUT2D eigenvalue weighted by molar-refractivity contribution is 6.30. The molecule has 1 aliphatic heterocycles. The molecule has 1 heterocycles. The lowest BCUT2D eigenvalue weighted by Crippen LogP contribution is -2.13. The number of benzene rings is 2. The zero-order valence-electron chi connectivity index (χ0n) is 10.5. The molecule has 3 rings (SSSR count). The van der Waals surface area contributed by atoms with Gasteiger partial charge >= 0.3 is 0 Å². The molecule has 0 radical (unpaired) electrons. The topological polar surface area (TPSA) is 72.6 Å². The zero-order chi connectivity index (χ0) is 14.3. The summed E-state index contributed by atoms with van der Waals surface area (Å²) >= 11 is 6.01. The predicted molar refractivity (Wildman–Crippen MR) is 75.4 cm³/mol. The van der Waals surface area contributed by atoms with E-state index in [4.69, 9.17) is 22.1 Å². The summed E-state index contributed by atoms with van der Waals surface area (Å²) in [6.45, 7) is 0.394. The number of para-hydroxylation sites is 1. The van der Waals surface area contributed by atoms with Gasteiger partial charge in [0.25, 0.3) is 5.91 Å². The Bertz CT molecular complexity index is 700. The molecule has 4 nitrogen and oxygen atoms in total. The lowest BCUT2D eigenvalue weighted by Gasteiger charge is -2.13. The molecule has 1 atom stereocenters. The van der Waals surface area contributed by atoms with Crippen LogP contribution in [-0.2, 0) is 0 Å². The fourth-order valence-electron chi connectivity index (χ4n) is 2.48. The van der Waals surface area contributed by atoms with Crippen molar-refractivity contribution >= 4 is 17.5 Å². The molecule has 0 fully saturated rings. The van der Waals surface area contributed by atoms with Crippen molar-refractivity contribution in [3.8, 4) is 11.5 Å². The van der Waals surface area contributed by atoms with Crippen molar-refractivity contribution < 1.29 is 14.6 Å². The van der Waals surface area contributed by atoms with Crippen LogP contribution in [-0.4, -0.2) is 17.6 Å². The van der Waals surface area contributed by atoms with Gasteiger partial charge in [-0.25, -0.2) is 0 Å². The maximum absolute atomic E-state index is 11.3. The molecule has 5 heteroatoms. The van der Waals surface area contributed by atoms with Crippen LogP contribution in [0.3, 0.4) is 0 Å². The van der Waals surface area contributed by atoms with Gasteiger partial charge in [0.1, 0.15) is 11.5 Å². The number of ether oxygens (including phenoxy) is 1. The Morgan fingerprint density at radius 3 is 2.85 bits per heavy atom. The molecule has 2 aromatic carbocycles. The van der Waals surface area contributed by atoms with Crippen LogP contribution in [0.1, 0.15) is 27.4 Å². The lowest BCUT2D eigenvalue weighted by atomic mass is 9.91. The van der Waals surface area contributed by atoms with E-state index in [0.717, 1.165) is 11.3 Å². The number of rotatable bonds is 2. The van der Waals surface area contributed by atoms with Gasteiger partial charge in [-0.2, -0.15) is 0 Å². The summed E-state index contributed by atoms with van der Waals surface area (Å²) in [4.78, 5) is 11.3. The molecule has 3 N–H and O–H groups in total. The lowest BCUT2D eigenvalue weighted by molar-refractivity contribution is 0.0997. The summed E-state index contributed by atoms with van der Waals surface area (Å²) < 4.78 is 5.59. The van der Waals surface area contributed by atoms with E-state index in [9.17, 15) is 9.90 Å². The van der Waals surface area contributed by atoms with Crippen LogP contribution in [0.2, 0.25) is 5.02 Å². The van der Waals surface area contributed by atoms with Gasteiger partial charge in [0.05, 0.1) is 18.1 Å². The van der Waals surface area contributed by atoms with E-state index in [1.807, 2.05) is 6.07 Å². The van der Waals surface area contributed by atoms with Gasteiger partial charge in [0, 0.05) is 16.1 Å². The number of amides is 1. The Morgan fingerprint density at radius 2 is 2.10 bits per heavy atom. The van der Waals surface area contributed by atoms with E-state index in [1.165, 1.54) is 6.07 Å². The third-order valence-electron chi connectivity index (χ3n) is 3.46. The fraction of sp³-hybridized carbons (Fsp3) is 0.133. The van der Waals surface area contributed by atoms with Crippen LogP contribution in [0.25, 0.3) is 0 Å². The number of carbonyl (C=O) groups is 1. The van der Waals surface area contributed by atoms with E-state index in [1.54, 1.807) is 24.3 Å². The number of carbonyl (C=O) groups excluding carboxylic acids is 1. The first kappa shape index (κ1) is 12.8. The summed E-state index contributed by atoms with van der Waals surface area (Å²) in [6, 6.07) is 10.3. The minimum Gasteiger partial charge on any atom is -0.507 e. The van der Waals surface area contributed by atoms with Crippen LogP contribution in [0, 0.1) is 0 Å². The Kier molecular flexibility index (Phi) is 3.03. The van der Waals surface area contributed by atoms with Crippen molar-refractivity contribution in [3.05, 3.63) is 58.1 Å². The largest absolute Gasteiger partial charge is 0.507 e. The van der Waals surface area contributed by atoms with Gasteiger partial charge in [-0.15, -0.1) is 0 Å². The van der Waals surface area contributed by atoms with Crippen molar-refractivity contribution in [2.45, 2.75) is 5.92 Å². The van der Waals surface area contributed by atoms with Crippen LogP contribution in [0.5, 0.6) is 11.5 Å². The van der Waals surface area contributed by atoms with Crippen LogP contribution in [0.4, 0.5) is 0 Å². The third-order valence-corrected chi connectivity index (χ3v) is 3.70. The second-order valence-electron chi connectivity index (χ2n) is 4.65. The van der Waals surface area contributed by atoms with Gasteiger partial charge in [-0.3, -0.25) is 4.79 Å². The molecular weight excluding hydrogens is 278 g/mol. The smallest absolute Gasteiger partial charge is 0.252 e. The quantitative estimate of drug-likeness (QED) is 0.893. The molecule has 20 heavy (non-hydrogen) atoms. The number of halogens is 1. The molecule has 0 unspecified atom stereocenters. The van der Waals surface area contributed by atoms with Gasteiger partial charge in [0.2, 0.25) is 0 Å². The molecule has 0 saturated heterocycles. The summed E-state index contributed by atoms with van der Waals surface area (Å²) in [7, 11) is 0. The highest BCUT2D eigenvalue weighted by atomic mass is 35.5. The number of hydrogen-bond donors (Lipinski definition) is 2. The minimum atomic E-state index is -0.658. The molecule has 2 aromatic rings. The number of primary amides is 1. The Labute approximate surface area is 120 Å². The van der Waals surface area contributed by atoms with Crippen molar-refractivity contribution in [2.24, 2.45) is 5.73 Å². The third kappa shape index (κ3) is 1.98. The molecule has 1 amide bonds. The molecule has 0 aliphatic carbocycles. The summed E-state index contributed by atoms with van der Waals surface area (Å²) in [5.41, 5.74) is 6.87. The predicted octanol–water partition coefficient (Wildman–Crippen LogP) is 2.67. The number of fused-ring (bicyclic) bond motifs is 1. The minimum absolute atomic E-state index is 0.0959. The van der Waals surface area contributed by atoms with Crippen molar-refractivity contribution in [1.29, 1.82) is 0 Å². The highest BCUT2D eigenvalue weighted by Gasteiger charge is 2.29. The average Bonchev–Trinajstić information content (AvgIpc) is 2.81. The number of hydrogen-bond acceptors (Lipinski definition) is 3. The standard InChI is InChI=1S/C15H12ClNO3/c16-8-4-5-13-11(6-8)12(7-20-13)9-2-1-3-10(14(9)18)15(17)19/h1-6,12,18H,7H2,(H2,17,19)/t12-/m0/s1. The molecule has 0 spiro atoms. The summed E-state index contributed by atoms with van der Waals surface area (Å²) in [5, 5.41) is 10.8. The van der Waals surface area contributed by atoms with Crippen LogP contribution in [0.15, 0.2) is 36.4 Å². The monoisotopic (exact) mass is 289 g/mol. The fourth-order valence-corrected chi connectivity index (χ4v) is 2.67.